The zero-order chi connectivity index (χ0) is 8.55. The standard InChI is InChI=1S/C7H8N4S/c1-4-2-5(11-10-4)6-3-12-7(8)9-6/h2-3H,1H3,(H2,8,9)(H,10,11). The third-order valence-corrected chi connectivity index (χ3v) is 2.16. The normalized spacial score (nSPS) is 10.4. The molecule has 2 heterocycles. The van der Waals surface area contributed by atoms with Gasteiger partial charge in [0.25, 0.3) is 0 Å². The maximum atomic E-state index is 5.49. The number of nitrogens with two attached hydrogens (primary N) is 1. The molecular weight excluding hydrogens is 172 g/mol. The minimum absolute atomic E-state index is 0.575. The molecule has 0 aromatic carbocycles. The average molecular weight is 180 g/mol. The van der Waals surface area contributed by atoms with E-state index in [1.807, 2.05) is 18.4 Å². The molecule has 0 bridgehead atoms. The summed E-state index contributed by atoms with van der Waals surface area (Å²) in [6.07, 6.45) is 0. The van der Waals surface area contributed by atoms with Crippen LogP contribution in [0.25, 0.3) is 11.4 Å². The Morgan fingerprint density at radius 1 is 1.50 bits per heavy atom. The first-order valence-electron chi connectivity index (χ1n) is 3.49. The van der Waals surface area contributed by atoms with Crippen LogP contribution in [0.3, 0.4) is 0 Å². The van der Waals surface area contributed by atoms with E-state index in [1.54, 1.807) is 0 Å². The molecule has 0 saturated carbocycles. The van der Waals surface area contributed by atoms with Crippen LogP contribution in [0.15, 0.2) is 11.4 Å². The Kier molecular flexibility index (Phi) is 1.58. The van der Waals surface area contributed by atoms with Crippen LogP contribution in [0.1, 0.15) is 5.69 Å². The number of aryl methyl sites for hydroxylation is 1. The zero-order valence-corrected chi connectivity index (χ0v) is 7.35. The van der Waals surface area contributed by atoms with Crippen molar-refractivity contribution >= 4 is 16.5 Å². The van der Waals surface area contributed by atoms with Crippen molar-refractivity contribution in [1.82, 2.24) is 15.2 Å². The van der Waals surface area contributed by atoms with Gasteiger partial charge in [-0.25, -0.2) is 4.98 Å². The van der Waals surface area contributed by atoms with Crippen LogP contribution >= 0.6 is 11.3 Å². The second-order valence-electron chi connectivity index (χ2n) is 2.51. The number of aromatic nitrogens is 3. The number of H-pyrrole nitrogens is 1. The Balaban J connectivity index is 2.43. The van der Waals surface area contributed by atoms with Gasteiger partial charge in [-0.15, -0.1) is 11.3 Å². The summed E-state index contributed by atoms with van der Waals surface area (Å²) < 4.78 is 0. The topological polar surface area (TPSA) is 67.6 Å². The lowest BCUT2D eigenvalue weighted by molar-refractivity contribution is 1.05. The van der Waals surface area contributed by atoms with Gasteiger partial charge in [-0.05, 0) is 13.0 Å². The molecule has 0 amide bonds. The lowest BCUT2D eigenvalue weighted by Crippen LogP contribution is -1.82. The molecule has 0 radical (unpaired) electrons. The molecular formula is C7H8N4S. The van der Waals surface area contributed by atoms with E-state index in [9.17, 15) is 0 Å². The van der Waals surface area contributed by atoms with Gasteiger partial charge in [-0.3, -0.25) is 5.10 Å². The number of hydrogen-bond donors (Lipinski definition) is 2. The van der Waals surface area contributed by atoms with Crippen molar-refractivity contribution < 1.29 is 0 Å². The van der Waals surface area contributed by atoms with E-state index < -0.39 is 0 Å². The summed E-state index contributed by atoms with van der Waals surface area (Å²) in [5.74, 6) is 0. The van der Waals surface area contributed by atoms with Crippen LogP contribution in [0.5, 0.6) is 0 Å². The van der Waals surface area contributed by atoms with E-state index in [-0.39, 0.29) is 0 Å². The summed E-state index contributed by atoms with van der Waals surface area (Å²) in [4.78, 5) is 4.11. The second kappa shape index (κ2) is 2.60. The van der Waals surface area contributed by atoms with Crippen molar-refractivity contribution in [3.8, 4) is 11.4 Å². The van der Waals surface area contributed by atoms with Gasteiger partial charge in [0.05, 0.1) is 0 Å². The third kappa shape index (κ3) is 1.18. The SMILES string of the molecule is Cc1cc(-c2csc(N)n2)n[nH]1. The molecule has 12 heavy (non-hydrogen) atoms. The molecule has 3 N–H and O–H groups in total. The fourth-order valence-corrected chi connectivity index (χ4v) is 1.51. The van der Waals surface area contributed by atoms with E-state index in [1.165, 1.54) is 11.3 Å². The molecule has 2 rings (SSSR count). The Morgan fingerprint density at radius 2 is 2.33 bits per heavy atom. The van der Waals surface area contributed by atoms with Gasteiger partial charge in [0.2, 0.25) is 0 Å². The summed E-state index contributed by atoms with van der Waals surface area (Å²) in [6, 6.07) is 1.94. The van der Waals surface area contributed by atoms with Gasteiger partial charge in [0, 0.05) is 11.1 Å². The molecule has 0 aliphatic heterocycles. The lowest BCUT2D eigenvalue weighted by atomic mass is 10.3. The fourth-order valence-electron chi connectivity index (χ4n) is 0.955. The van der Waals surface area contributed by atoms with E-state index in [2.05, 4.69) is 15.2 Å². The number of thiazole rings is 1. The Labute approximate surface area is 73.5 Å². The minimum Gasteiger partial charge on any atom is -0.375 e. The maximum absolute atomic E-state index is 5.49. The molecule has 2 aromatic rings. The smallest absolute Gasteiger partial charge is 0.180 e. The monoisotopic (exact) mass is 180 g/mol. The lowest BCUT2D eigenvalue weighted by Gasteiger charge is -1.83. The van der Waals surface area contributed by atoms with Gasteiger partial charge >= 0.3 is 0 Å². The van der Waals surface area contributed by atoms with Gasteiger partial charge in [0.1, 0.15) is 11.4 Å². The Bertz CT molecular complexity index is 351. The first-order valence-corrected chi connectivity index (χ1v) is 4.37. The van der Waals surface area contributed by atoms with Gasteiger partial charge < -0.3 is 5.73 Å². The van der Waals surface area contributed by atoms with Gasteiger partial charge in [0.15, 0.2) is 5.13 Å². The highest BCUT2D eigenvalue weighted by molar-refractivity contribution is 7.13. The molecule has 0 atom stereocenters. The highest BCUT2D eigenvalue weighted by Crippen LogP contribution is 2.21. The van der Waals surface area contributed by atoms with Crippen molar-refractivity contribution in [2.45, 2.75) is 6.92 Å². The van der Waals surface area contributed by atoms with Crippen molar-refractivity contribution in [3.63, 3.8) is 0 Å². The van der Waals surface area contributed by atoms with E-state index >= 15 is 0 Å². The molecule has 0 aliphatic rings. The number of nitrogens with zero attached hydrogens (tertiary/aromatic N) is 2. The van der Waals surface area contributed by atoms with Crippen molar-refractivity contribution in [3.05, 3.63) is 17.1 Å². The number of aromatic amines is 1. The summed E-state index contributed by atoms with van der Waals surface area (Å²) in [7, 11) is 0. The average Bonchev–Trinajstić information content (AvgIpc) is 2.58. The van der Waals surface area contributed by atoms with E-state index in [4.69, 9.17) is 5.73 Å². The summed E-state index contributed by atoms with van der Waals surface area (Å²) in [5.41, 5.74) is 8.20. The second-order valence-corrected chi connectivity index (χ2v) is 3.40. The number of nitrogen functional groups attached to an aromatic ring is 1. The molecule has 0 unspecified atom stereocenters. The highest BCUT2D eigenvalue weighted by atomic mass is 32.1. The fraction of sp³-hybridized carbons (Fsp3) is 0.143. The number of rotatable bonds is 1. The highest BCUT2D eigenvalue weighted by Gasteiger charge is 2.04. The molecule has 0 saturated heterocycles. The summed E-state index contributed by atoms with van der Waals surface area (Å²) in [6.45, 7) is 1.95. The molecule has 4 nitrogen and oxygen atoms in total. The van der Waals surface area contributed by atoms with Gasteiger partial charge in [-0.2, -0.15) is 5.10 Å². The predicted molar refractivity (Wildman–Crippen MR) is 48.8 cm³/mol. The van der Waals surface area contributed by atoms with Crippen LogP contribution in [0.4, 0.5) is 5.13 Å². The van der Waals surface area contributed by atoms with E-state index in [0.717, 1.165) is 17.1 Å². The maximum Gasteiger partial charge on any atom is 0.180 e. The number of hydrogen-bond acceptors (Lipinski definition) is 4. The first-order chi connectivity index (χ1) is 5.75. The quantitative estimate of drug-likeness (QED) is 0.697. The van der Waals surface area contributed by atoms with Crippen LogP contribution in [0, 0.1) is 6.92 Å². The van der Waals surface area contributed by atoms with E-state index in [0.29, 0.717) is 5.13 Å². The molecule has 0 spiro atoms. The molecule has 0 fully saturated rings. The molecule has 5 heteroatoms. The summed E-state index contributed by atoms with van der Waals surface area (Å²) in [5, 5.41) is 9.38. The summed E-state index contributed by atoms with van der Waals surface area (Å²) >= 11 is 1.42. The molecule has 0 aliphatic carbocycles. The van der Waals surface area contributed by atoms with Gasteiger partial charge in [-0.1, -0.05) is 0 Å². The van der Waals surface area contributed by atoms with Crippen molar-refractivity contribution in [2.24, 2.45) is 0 Å². The van der Waals surface area contributed by atoms with Crippen LogP contribution < -0.4 is 5.73 Å². The van der Waals surface area contributed by atoms with Crippen molar-refractivity contribution in [2.75, 3.05) is 5.73 Å². The minimum atomic E-state index is 0.575. The molecule has 2 aromatic heterocycles. The Morgan fingerprint density at radius 3 is 2.83 bits per heavy atom. The van der Waals surface area contributed by atoms with Crippen LogP contribution in [0.2, 0.25) is 0 Å². The Hall–Kier alpha value is -1.36. The zero-order valence-electron chi connectivity index (χ0n) is 6.53. The predicted octanol–water partition coefficient (Wildman–Crippen LogP) is 1.42. The van der Waals surface area contributed by atoms with Crippen molar-refractivity contribution in [1.29, 1.82) is 0 Å². The molecule has 62 valence electrons. The first kappa shape index (κ1) is 7.30. The number of anilines is 1. The van der Waals surface area contributed by atoms with Crippen LogP contribution in [-0.2, 0) is 0 Å². The van der Waals surface area contributed by atoms with Crippen LogP contribution in [-0.4, -0.2) is 15.2 Å². The third-order valence-electron chi connectivity index (χ3n) is 1.49. The number of nitrogens with one attached hydrogen (secondary N) is 1. The largest absolute Gasteiger partial charge is 0.375 e.